The standard InChI is InChI=1S/C11H24N2S/c1-10-9-14-8-7-13(10)6-4-5-11(2,3)12/h10H,4-9,12H2,1-3H3. The molecule has 0 bridgehead atoms. The molecule has 1 unspecified atom stereocenters. The zero-order valence-electron chi connectivity index (χ0n) is 9.75. The van der Waals surface area contributed by atoms with E-state index in [0.717, 1.165) is 12.5 Å². The van der Waals surface area contributed by atoms with Crippen molar-refractivity contribution in [3.8, 4) is 0 Å². The van der Waals surface area contributed by atoms with Crippen molar-refractivity contribution in [2.45, 2.75) is 45.2 Å². The summed E-state index contributed by atoms with van der Waals surface area (Å²) in [5, 5.41) is 0. The summed E-state index contributed by atoms with van der Waals surface area (Å²) >= 11 is 2.08. The summed E-state index contributed by atoms with van der Waals surface area (Å²) in [5.74, 6) is 2.60. The molecule has 1 fully saturated rings. The van der Waals surface area contributed by atoms with Crippen LogP contribution in [0, 0.1) is 0 Å². The van der Waals surface area contributed by atoms with Gasteiger partial charge in [-0.3, -0.25) is 4.90 Å². The van der Waals surface area contributed by atoms with Crippen LogP contribution in [-0.2, 0) is 0 Å². The average Bonchev–Trinajstić information content (AvgIpc) is 2.06. The molecular formula is C11H24N2S. The summed E-state index contributed by atoms with van der Waals surface area (Å²) in [5.41, 5.74) is 5.97. The molecule has 0 radical (unpaired) electrons. The van der Waals surface area contributed by atoms with Crippen molar-refractivity contribution >= 4 is 11.8 Å². The van der Waals surface area contributed by atoms with E-state index in [9.17, 15) is 0 Å². The predicted molar refractivity (Wildman–Crippen MR) is 65.9 cm³/mol. The van der Waals surface area contributed by atoms with Gasteiger partial charge in [0.05, 0.1) is 0 Å². The van der Waals surface area contributed by atoms with Gasteiger partial charge in [-0.05, 0) is 40.2 Å². The molecule has 0 saturated carbocycles. The van der Waals surface area contributed by atoms with E-state index in [4.69, 9.17) is 5.73 Å². The van der Waals surface area contributed by atoms with E-state index in [2.05, 4.69) is 37.4 Å². The largest absolute Gasteiger partial charge is 0.326 e. The van der Waals surface area contributed by atoms with E-state index in [1.165, 1.54) is 31.0 Å². The molecular weight excluding hydrogens is 192 g/mol. The highest BCUT2D eigenvalue weighted by Gasteiger charge is 2.18. The highest BCUT2D eigenvalue weighted by atomic mass is 32.2. The molecule has 1 rings (SSSR count). The van der Waals surface area contributed by atoms with Crippen LogP contribution in [-0.4, -0.2) is 41.1 Å². The highest BCUT2D eigenvalue weighted by Crippen LogP contribution is 2.17. The summed E-state index contributed by atoms with van der Waals surface area (Å²) in [6.07, 6.45) is 2.36. The van der Waals surface area contributed by atoms with Crippen LogP contribution in [0.15, 0.2) is 0 Å². The van der Waals surface area contributed by atoms with Crippen LogP contribution in [0.25, 0.3) is 0 Å². The number of nitrogens with two attached hydrogens (primary N) is 1. The van der Waals surface area contributed by atoms with Gasteiger partial charge >= 0.3 is 0 Å². The lowest BCUT2D eigenvalue weighted by Crippen LogP contribution is -2.41. The van der Waals surface area contributed by atoms with Gasteiger partial charge in [0.25, 0.3) is 0 Å². The molecule has 0 aromatic carbocycles. The molecule has 1 heterocycles. The molecule has 0 aromatic rings. The maximum atomic E-state index is 5.96. The number of hydrogen-bond acceptors (Lipinski definition) is 3. The first-order valence-corrected chi connectivity index (χ1v) is 6.75. The van der Waals surface area contributed by atoms with E-state index in [1.807, 2.05) is 0 Å². The fourth-order valence-corrected chi connectivity index (χ4v) is 2.91. The maximum Gasteiger partial charge on any atom is 0.0158 e. The lowest BCUT2D eigenvalue weighted by Gasteiger charge is -2.33. The summed E-state index contributed by atoms with van der Waals surface area (Å²) in [7, 11) is 0. The lowest BCUT2D eigenvalue weighted by atomic mass is 10.00. The Balaban J connectivity index is 2.17. The molecule has 84 valence electrons. The van der Waals surface area contributed by atoms with Crippen LogP contribution in [0.1, 0.15) is 33.6 Å². The Labute approximate surface area is 92.6 Å². The van der Waals surface area contributed by atoms with Crippen LogP contribution in [0.4, 0.5) is 0 Å². The Hall–Kier alpha value is 0.270. The summed E-state index contributed by atoms with van der Waals surface area (Å²) in [4.78, 5) is 2.60. The van der Waals surface area contributed by atoms with Crippen molar-refractivity contribution in [3.05, 3.63) is 0 Å². The van der Waals surface area contributed by atoms with Crippen LogP contribution in [0.2, 0.25) is 0 Å². The quantitative estimate of drug-likeness (QED) is 0.779. The first kappa shape index (κ1) is 12.3. The van der Waals surface area contributed by atoms with Gasteiger partial charge in [-0.2, -0.15) is 11.8 Å². The van der Waals surface area contributed by atoms with Gasteiger partial charge < -0.3 is 5.73 Å². The van der Waals surface area contributed by atoms with Gasteiger partial charge in [-0.15, -0.1) is 0 Å². The van der Waals surface area contributed by atoms with Crippen molar-refractivity contribution in [3.63, 3.8) is 0 Å². The molecule has 0 spiro atoms. The van der Waals surface area contributed by atoms with Gasteiger partial charge in [0, 0.05) is 29.6 Å². The molecule has 1 aliphatic heterocycles. The molecule has 1 aliphatic rings. The topological polar surface area (TPSA) is 29.3 Å². The van der Waals surface area contributed by atoms with E-state index in [0.29, 0.717) is 0 Å². The maximum absolute atomic E-state index is 5.96. The zero-order valence-corrected chi connectivity index (χ0v) is 10.6. The zero-order chi connectivity index (χ0) is 10.6. The summed E-state index contributed by atoms with van der Waals surface area (Å²) in [6, 6.07) is 0.759. The Morgan fingerprint density at radius 3 is 2.79 bits per heavy atom. The molecule has 14 heavy (non-hydrogen) atoms. The number of nitrogens with zero attached hydrogens (tertiary/aromatic N) is 1. The second kappa shape index (κ2) is 5.38. The SMILES string of the molecule is CC1CSCCN1CCCC(C)(C)N. The first-order valence-electron chi connectivity index (χ1n) is 5.60. The molecule has 2 N–H and O–H groups in total. The predicted octanol–water partition coefficient (Wildman–Crippen LogP) is 1.94. The normalized spacial score (nSPS) is 25.3. The van der Waals surface area contributed by atoms with Crippen molar-refractivity contribution in [2.24, 2.45) is 5.73 Å². The first-order chi connectivity index (χ1) is 6.49. The van der Waals surface area contributed by atoms with E-state index >= 15 is 0 Å². The fourth-order valence-electron chi connectivity index (χ4n) is 1.83. The minimum absolute atomic E-state index is 0.00771. The third-order valence-corrected chi connectivity index (χ3v) is 3.96. The van der Waals surface area contributed by atoms with Crippen LogP contribution in [0.3, 0.4) is 0 Å². The van der Waals surface area contributed by atoms with Crippen molar-refractivity contribution < 1.29 is 0 Å². The summed E-state index contributed by atoms with van der Waals surface area (Å²) < 4.78 is 0. The minimum Gasteiger partial charge on any atom is -0.326 e. The van der Waals surface area contributed by atoms with Crippen LogP contribution >= 0.6 is 11.8 Å². The summed E-state index contributed by atoms with van der Waals surface area (Å²) in [6.45, 7) is 9.05. The molecule has 3 heteroatoms. The fraction of sp³-hybridized carbons (Fsp3) is 1.00. The Kier molecular flexibility index (Phi) is 4.74. The highest BCUT2D eigenvalue weighted by molar-refractivity contribution is 7.99. The Bertz CT molecular complexity index is 165. The van der Waals surface area contributed by atoms with Gasteiger partial charge in [0.1, 0.15) is 0 Å². The molecule has 0 amide bonds. The Morgan fingerprint density at radius 1 is 1.50 bits per heavy atom. The van der Waals surface area contributed by atoms with Gasteiger partial charge in [-0.1, -0.05) is 0 Å². The van der Waals surface area contributed by atoms with Crippen molar-refractivity contribution in [1.29, 1.82) is 0 Å². The smallest absolute Gasteiger partial charge is 0.0158 e. The van der Waals surface area contributed by atoms with Crippen molar-refractivity contribution in [1.82, 2.24) is 4.90 Å². The van der Waals surface area contributed by atoms with E-state index < -0.39 is 0 Å². The van der Waals surface area contributed by atoms with Gasteiger partial charge in [0.2, 0.25) is 0 Å². The molecule has 1 atom stereocenters. The minimum atomic E-state index is 0.00771. The van der Waals surface area contributed by atoms with Gasteiger partial charge in [0.15, 0.2) is 0 Å². The van der Waals surface area contributed by atoms with Crippen LogP contribution in [0.5, 0.6) is 0 Å². The van der Waals surface area contributed by atoms with Crippen molar-refractivity contribution in [2.75, 3.05) is 24.6 Å². The molecule has 0 aliphatic carbocycles. The van der Waals surface area contributed by atoms with E-state index in [-0.39, 0.29) is 5.54 Å². The Morgan fingerprint density at radius 2 is 2.21 bits per heavy atom. The second-order valence-electron chi connectivity index (χ2n) is 5.05. The van der Waals surface area contributed by atoms with Crippen LogP contribution < -0.4 is 5.73 Å². The molecule has 1 saturated heterocycles. The number of rotatable bonds is 4. The monoisotopic (exact) mass is 216 g/mol. The van der Waals surface area contributed by atoms with Gasteiger partial charge in [-0.25, -0.2) is 0 Å². The lowest BCUT2D eigenvalue weighted by molar-refractivity contribution is 0.222. The third-order valence-electron chi connectivity index (χ3n) is 2.77. The number of thioether (sulfide) groups is 1. The second-order valence-corrected chi connectivity index (χ2v) is 6.20. The molecule has 0 aromatic heterocycles. The third kappa shape index (κ3) is 4.67. The molecule has 2 nitrogen and oxygen atoms in total. The average molecular weight is 216 g/mol. The number of hydrogen-bond donors (Lipinski definition) is 1. The van der Waals surface area contributed by atoms with E-state index in [1.54, 1.807) is 0 Å².